The lowest BCUT2D eigenvalue weighted by molar-refractivity contribution is -0.385. The minimum Gasteiger partial charge on any atom is -0.490 e. The predicted molar refractivity (Wildman–Crippen MR) is 230 cm³/mol. The molecule has 2 amide bonds. The lowest BCUT2D eigenvalue weighted by Gasteiger charge is -2.42. The number of carbonyl (C=O) groups is 3. The van der Waals surface area contributed by atoms with Gasteiger partial charge in [0.1, 0.15) is 5.78 Å². The van der Waals surface area contributed by atoms with Gasteiger partial charge >= 0.3 is 11.4 Å². The normalized spacial score (nSPS) is 22.7. The Hall–Kier alpha value is -4.71. The van der Waals surface area contributed by atoms with Crippen molar-refractivity contribution in [3.8, 4) is 11.5 Å². The number of carbonyl (C=O) groups excluding carboxylic acids is 3. The fourth-order valence-corrected chi connectivity index (χ4v) is 8.68. The maximum atomic E-state index is 12.6. The molecule has 334 valence electrons. The minimum atomic E-state index is -0.562. The van der Waals surface area contributed by atoms with Gasteiger partial charge in [0.05, 0.1) is 24.1 Å². The lowest BCUT2D eigenvalue weighted by atomic mass is 9.89. The molecule has 17 nitrogen and oxygen atoms in total. The van der Waals surface area contributed by atoms with Gasteiger partial charge in [-0.1, -0.05) is 0 Å². The van der Waals surface area contributed by atoms with Gasteiger partial charge in [0.25, 0.3) is 11.8 Å². The van der Waals surface area contributed by atoms with E-state index in [0.717, 1.165) is 50.6 Å². The number of nitrogens with zero attached hydrogens (tertiary/aromatic N) is 5. The highest BCUT2D eigenvalue weighted by Gasteiger charge is 2.32. The third-order valence-electron chi connectivity index (χ3n) is 12.7. The van der Waals surface area contributed by atoms with Crippen LogP contribution in [0.15, 0.2) is 36.4 Å². The van der Waals surface area contributed by atoms with Crippen molar-refractivity contribution < 1.29 is 33.7 Å². The summed E-state index contributed by atoms with van der Waals surface area (Å²) in [6.07, 6.45) is 12.2. The molecule has 0 atom stereocenters. The van der Waals surface area contributed by atoms with Gasteiger partial charge < -0.3 is 35.2 Å². The van der Waals surface area contributed by atoms with E-state index in [9.17, 15) is 34.6 Å². The first-order valence-corrected chi connectivity index (χ1v) is 22.2. The number of rotatable bonds is 13. The third kappa shape index (κ3) is 14.2. The number of ketones is 1. The molecule has 8 rings (SSSR count). The fourth-order valence-electron chi connectivity index (χ4n) is 8.68. The second kappa shape index (κ2) is 22.4. The molecule has 6 fully saturated rings. The summed E-state index contributed by atoms with van der Waals surface area (Å²) in [5, 5.41) is 31.1. The van der Waals surface area contributed by atoms with E-state index >= 15 is 0 Å². The van der Waals surface area contributed by atoms with E-state index in [2.05, 4.69) is 30.7 Å². The van der Waals surface area contributed by atoms with Crippen molar-refractivity contribution in [1.82, 2.24) is 30.7 Å². The van der Waals surface area contributed by atoms with Gasteiger partial charge in [-0.15, -0.1) is 0 Å². The number of nitro groups is 2. The Morgan fingerprint density at radius 2 is 1.10 bits per heavy atom. The number of hydrogen-bond donors (Lipinski definition) is 3. The first-order valence-electron chi connectivity index (χ1n) is 22.2. The molecule has 2 aromatic rings. The molecule has 2 heterocycles. The number of nitro benzene ring substituents is 2. The average Bonchev–Trinajstić information content (AvgIpc) is 4.24. The van der Waals surface area contributed by atoms with Crippen LogP contribution in [0.2, 0.25) is 0 Å². The van der Waals surface area contributed by atoms with Gasteiger partial charge in [0, 0.05) is 132 Å². The van der Waals surface area contributed by atoms with E-state index in [1.54, 1.807) is 0 Å². The predicted octanol–water partition coefficient (Wildman–Crippen LogP) is 4.82. The molecule has 2 saturated heterocycles. The summed E-state index contributed by atoms with van der Waals surface area (Å²) in [6.45, 7) is 12.3. The summed E-state index contributed by atoms with van der Waals surface area (Å²) < 4.78 is 10.0. The summed E-state index contributed by atoms with van der Waals surface area (Å²) in [7, 11) is 2.69. The first-order chi connectivity index (χ1) is 29.5. The Balaban J connectivity index is 0.000000173. The Kier molecular flexibility index (Phi) is 16.8. The van der Waals surface area contributed by atoms with Crippen molar-refractivity contribution in [3.63, 3.8) is 0 Å². The number of piperazine rings is 2. The molecule has 0 spiro atoms. The van der Waals surface area contributed by atoms with Crippen LogP contribution in [0.3, 0.4) is 0 Å². The molecular weight excluding hydrogens is 785 g/mol. The molecular formula is C44H64N8O9. The van der Waals surface area contributed by atoms with Gasteiger partial charge in [-0.25, -0.2) is 0 Å². The van der Waals surface area contributed by atoms with Crippen LogP contribution in [-0.2, 0) is 4.79 Å². The van der Waals surface area contributed by atoms with E-state index in [1.165, 1.54) is 129 Å². The quantitative estimate of drug-likeness (QED) is 0.183. The molecule has 4 aliphatic carbocycles. The van der Waals surface area contributed by atoms with Crippen LogP contribution in [0.4, 0.5) is 11.4 Å². The van der Waals surface area contributed by atoms with Gasteiger partial charge in [-0.05, 0) is 88.2 Å². The zero-order chi connectivity index (χ0) is 43.3. The van der Waals surface area contributed by atoms with Crippen molar-refractivity contribution in [2.45, 2.75) is 95.2 Å². The maximum Gasteiger partial charge on any atom is 0.310 e. The van der Waals surface area contributed by atoms with Crippen LogP contribution in [-0.4, -0.2) is 140 Å². The molecule has 6 aliphatic rings. The molecule has 61 heavy (non-hydrogen) atoms. The van der Waals surface area contributed by atoms with E-state index in [4.69, 9.17) is 9.47 Å². The topological polar surface area (TPSA) is 202 Å². The fraction of sp³-hybridized carbons (Fsp3) is 0.659. The third-order valence-corrected chi connectivity index (χ3v) is 12.7. The van der Waals surface area contributed by atoms with Crippen molar-refractivity contribution in [2.75, 3.05) is 79.7 Å². The largest absolute Gasteiger partial charge is 0.490 e. The number of nitrogens with one attached hydrogen (secondary N) is 3. The van der Waals surface area contributed by atoms with Crippen molar-refractivity contribution in [1.29, 1.82) is 0 Å². The average molecular weight is 849 g/mol. The molecule has 0 radical (unpaired) electrons. The smallest absolute Gasteiger partial charge is 0.310 e. The van der Waals surface area contributed by atoms with Crippen LogP contribution in [0.1, 0.15) is 97.8 Å². The summed E-state index contributed by atoms with van der Waals surface area (Å²) in [6, 6.07) is 9.00. The number of hydrogen-bond acceptors (Lipinski definition) is 13. The standard InChI is InChI=1S/C22H32N4O4.C14H16N2O5.C8H16N2/c1-30-21-14-17(4-9-20(21)26(28)29)22(27)23-18-5-7-19(8-6-18)25-12-10-24(11-13-25)15-16-2-3-16;1-21-13-8-9(2-7-12(13)16(19)20)14(18)15-10-3-5-11(17)6-4-10;1-2-8(1)7-10-5-3-9-4-6-10/h4,9,14,16,18-19H,2-3,5-8,10-13,15H2,1H3,(H,23,27);2,7-8,10H,3-6H2,1H3,(H,15,18);8-9H,1-7H2. The zero-order valence-corrected chi connectivity index (χ0v) is 35.8. The summed E-state index contributed by atoms with van der Waals surface area (Å²) in [4.78, 5) is 64.5. The van der Waals surface area contributed by atoms with Gasteiger partial charge in [-0.2, -0.15) is 0 Å². The van der Waals surface area contributed by atoms with Gasteiger partial charge in [0.15, 0.2) is 11.5 Å². The monoisotopic (exact) mass is 848 g/mol. The first kappa shape index (κ1) is 45.8. The second-order valence-corrected chi connectivity index (χ2v) is 17.3. The number of benzene rings is 2. The molecule has 4 saturated carbocycles. The highest BCUT2D eigenvalue weighted by Crippen LogP contribution is 2.32. The maximum absolute atomic E-state index is 12.6. The molecule has 2 aromatic carbocycles. The molecule has 3 N–H and O–H groups in total. The van der Waals surface area contributed by atoms with Crippen LogP contribution in [0.5, 0.6) is 11.5 Å². The Morgan fingerprint density at radius 1 is 0.656 bits per heavy atom. The number of ether oxygens (including phenoxy) is 2. The Morgan fingerprint density at radius 3 is 1.52 bits per heavy atom. The van der Waals surface area contributed by atoms with E-state index in [0.29, 0.717) is 42.9 Å². The van der Waals surface area contributed by atoms with Crippen molar-refractivity contribution in [2.24, 2.45) is 11.8 Å². The SMILES string of the molecule is C1CN(CC2CC2)CCN1.COc1cc(C(=O)NC2CCC(=O)CC2)ccc1[N+](=O)[O-].COc1cc(C(=O)NC2CCC(N3CCN(CC4CC4)CC3)CC2)ccc1[N+](=O)[O-]. The van der Waals surface area contributed by atoms with Crippen LogP contribution in [0.25, 0.3) is 0 Å². The highest BCUT2D eigenvalue weighted by molar-refractivity contribution is 5.96. The molecule has 0 bridgehead atoms. The molecule has 0 aromatic heterocycles. The lowest BCUT2D eigenvalue weighted by Crippen LogP contribution is -2.52. The van der Waals surface area contributed by atoms with Crippen LogP contribution in [0, 0.1) is 32.1 Å². The Labute approximate surface area is 358 Å². The Bertz CT molecular complexity index is 1810. The number of Topliss-reactive ketones (excluding diaryl/α,β-unsaturated/α-hetero) is 1. The number of methoxy groups -OCH3 is 2. The van der Waals surface area contributed by atoms with Gasteiger partial charge in [-0.3, -0.25) is 39.5 Å². The highest BCUT2D eigenvalue weighted by atomic mass is 16.6. The van der Waals surface area contributed by atoms with Crippen LogP contribution < -0.4 is 25.4 Å². The molecule has 17 heteroatoms. The molecule has 0 unspecified atom stereocenters. The van der Waals surface area contributed by atoms with Crippen molar-refractivity contribution in [3.05, 3.63) is 67.8 Å². The van der Waals surface area contributed by atoms with E-state index < -0.39 is 9.85 Å². The minimum absolute atomic E-state index is 0.0311. The zero-order valence-electron chi connectivity index (χ0n) is 35.8. The van der Waals surface area contributed by atoms with E-state index in [-0.39, 0.29) is 52.6 Å². The second-order valence-electron chi connectivity index (χ2n) is 17.3. The molecule has 2 aliphatic heterocycles. The van der Waals surface area contributed by atoms with Crippen molar-refractivity contribution >= 4 is 29.0 Å². The summed E-state index contributed by atoms with van der Waals surface area (Å²) in [5.74, 6) is 1.90. The summed E-state index contributed by atoms with van der Waals surface area (Å²) >= 11 is 0. The number of amides is 2. The summed E-state index contributed by atoms with van der Waals surface area (Å²) in [5.41, 5.74) is 0.379. The van der Waals surface area contributed by atoms with Gasteiger partial charge in [0.2, 0.25) is 0 Å². The van der Waals surface area contributed by atoms with Crippen LogP contribution >= 0.6 is 0 Å². The van der Waals surface area contributed by atoms with E-state index in [1.807, 2.05) is 0 Å².